The topological polar surface area (TPSA) is 264 Å². The number of carboxylic acids is 2. The first-order valence-electron chi connectivity index (χ1n) is 24.3. The molecule has 10 N–H and O–H groups in total. The second kappa shape index (κ2) is 23.6. The van der Waals surface area contributed by atoms with Gasteiger partial charge in [-0.3, -0.25) is 19.2 Å². The van der Waals surface area contributed by atoms with Gasteiger partial charge in [0, 0.05) is 31.5 Å². The predicted octanol–water partition coefficient (Wildman–Crippen LogP) is 3.11. The van der Waals surface area contributed by atoms with Gasteiger partial charge in [-0.1, -0.05) is 32.9 Å². The molecule has 0 saturated heterocycles. The summed E-state index contributed by atoms with van der Waals surface area (Å²) in [4.78, 5) is 75.1. The van der Waals surface area contributed by atoms with Crippen molar-refractivity contribution >= 4 is 48.1 Å². The highest BCUT2D eigenvalue weighted by Crippen LogP contribution is 2.68. The fourth-order valence-electron chi connectivity index (χ4n) is 12.7. The Kier molecular flexibility index (Phi) is 18.9. The first-order chi connectivity index (χ1) is 30.9. The van der Waals surface area contributed by atoms with Crippen molar-refractivity contribution in [3.63, 3.8) is 0 Å². The van der Waals surface area contributed by atoms with E-state index in [2.05, 4.69) is 47.4 Å². The fraction of sp³-hybridized carbons (Fsp3) is 0.750. The lowest BCUT2D eigenvalue weighted by Gasteiger charge is -2.61. The molecule has 4 amide bonds. The van der Waals surface area contributed by atoms with Gasteiger partial charge in [0.05, 0.1) is 12.1 Å². The summed E-state index contributed by atoms with van der Waals surface area (Å²) in [6.07, 6.45) is 12.8. The number of carbonyl (C=O) groups is 6. The van der Waals surface area contributed by atoms with Crippen LogP contribution in [-0.2, 0) is 24.0 Å². The minimum atomic E-state index is -1.65. The number of fused-ring (bicyclic) bond motifs is 5. The quantitative estimate of drug-likeness (QED) is 0.0530. The lowest BCUT2D eigenvalue weighted by Crippen LogP contribution is -2.54. The Labute approximate surface area is 384 Å². The molecule has 4 saturated carbocycles. The summed E-state index contributed by atoms with van der Waals surface area (Å²) in [5, 5.41) is 62.0. The predicted molar refractivity (Wildman–Crippen MR) is 246 cm³/mol. The Balaban J connectivity index is 0.953. The van der Waals surface area contributed by atoms with Crippen LogP contribution in [0.15, 0.2) is 24.3 Å². The van der Waals surface area contributed by atoms with E-state index in [1.165, 1.54) is 62.8 Å². The van der Waals surface area contributed by atoms with Crippen LogP contribution < -0.4 is 32.0 Å². The zero-order valence-corrected chi connectivity index (χ0v) is 39.0. The Bertz CT molecular complexity index is 1800. The van der Waals surface area contributed by atoms with Crippen molar-refractivity contribution in [1.29, 1.82) is 0 Å². The highest BCUT2D eigenvalue weighted by molar-refractivity contribution is 6.58. The number of aliphatic carboxylic acids is 2. The van der Waals surface area contributed by atoms with Gasteiger partial charge in [0.2, 0.25) is 17.7 Å². The maximum absolute atomic E-state index is 13.1. The van der Waals surface area contributed by atoms with E-state index in [1.54, 1.807) is 7.05 Å². The number of aliphatic hydroxyl groups excluding tert-OH is 1. The van der Waals surface area contributed by atoms with Gasteiger partial charge in [-0.2, -0.15) is 0 Å². The van der Waals surface area contributed by atoms with Crippen LogP contribution >= 0.6 is 0 Å². The van der Waals surface area contributed by atoms with E-state index < -0.39 is 49.0 Å². The van der Waals surface area contributed by atoms with E-state index >= 15 is 0 Å². The highest BCUT2D eigenvalue weighted by Gasteiger charge is 2.60. The summed E-state index contributed by atoms with van der Waals surface area (Å²) in [6, 6.07) is 2.67. The number of likely N-dealkylation sites (N-methyl/N-ethyl adjacent to an activating group) is 1. The van der Waals surface area contributed by atoms with Crippen LogP contribution in [-0.4, -0.2) is 112 Å². The van der Waals surface area contributed by atoms with Crippen molar-refractivity contribution in [3.05, 3.63) is 29.8 Å². The van der Waals surface area contributed by atoms with Gasteiger partial charge >= 0.3 is 19.1 Å². The number of aliphatic hydroxyl groups is 1. The number of carboxylic acid groups (broad SMARTS) is 2. The van der Waals surface area contributed by atoms with Gasteiger partial charge in [0.25, 0.3) is 5.91 Å². The average molecular weight is 910 g/mol. The summed E-state index contributed by atoms with van der Waals surface area (Å²) in [6.45, 7) is 7.72. The highest BCUT2D eigenvalue weighted by atomic mass is 16.4. The molecule has 16 nitrogen and oxygen atoms in total. The molecule has 0 radical (unpaired) electrons. The molecule has 4 aliphatic carbocycles. The number of nitrogens with one attached hydrogen (secondary N) is 5. The molecule has 65 heavy (non-hydrogen) atoms. The van der Waals surface area contributed by atoms with Crippen molar-refractivity contribution in [1.82, 2.24) is 26.6 Å². The third-order valence-corrected chi connectivity index (χ3v) is 16.5. The third-order valence-electron chi connectivity index (χ3n) is 16.5. The molecule has 0 heterocycles. The van der Waals surface area contributed by atoms with E-state index in [0.717, 1.165) is 31.1 Å². The van der Waals surface area contributed by atoms with Crippen molar-refractivity contribution < 1.29 is 54.1 Å². The molecule has 4 aliphatic rings. The first kappa shape index (κ1) is 51.9. The summed E-state index contributed by atoms with van der Waals surface area (Å²) in [7, 11) is -0.0573. The van der Waals surface area contributed by atoms with Gasteiger partial charge in [-0.25, -0.2) is 9.59 Å². The number of carbonyl (C=O) groups excluding carboxylic acids is 4. The van der Waals surface area contributed by atoms with Crippen molar-refractivity contribution in [2.75, 3.05) is 20.1 Å². The standard InChI is InChI=1S/C48H76BN5O11/c1-29(35-17-18-36-34-16-13-31-28-33(55)22-24-47(31,2)37(34)23-25-48(35,36)3)10-20-42(57)53-40(46(62)63)19-21-41(56)51-26-6-5-8-38(50-4)44(59)54-39(45(60)61)9-7-27-52-43(58)30-11-14-32(15-12-30)49(64)65/h11-12,14-15,29,31,33-40,50,55,64-65H,5-10,13,16-28H2,1-4H3,(H,51,56)(H,52,58)(H,53,57)(H,54,59)(H,60,61)(H,62,63)/t29?,31-,33-,34?,35?,36?,37?,38?,39?,40?,47+,48-/m0/s1. The smallest absolute Gasteiger partial charge is 0.480 e. The van der Waals surface area contributed by atoms with Crippen LogP contribution in [0.3, 0.4) is 0 Å². The van der Waals surface area contributed by atoms with Crippen LogP contribution in [0.5, 0.6) is 0 Å². The molecular formula is C48H76BN5O11. The molecule has 17 heteroatoms. The van der Waals surface area contributed by atoms with E-state index in [9.17, 15) is 54.1 Å². The van der Waals surface area contributed by atoms with Gasteiger partial charge in [0.15, 0.2) is 0 Å². The zero-order valence-electron chi connectivity index (χ0n) is 39.0. The molecule has 0 aromatic heterocycles. The van der Waals surface area contributed by atoms with E-state index in [0.29, 0.717) is 66.9 Å². The molecule has 12 atom stereocenters. The lowest BCUT2D eigenvalue weighted by atomic mass is 9.44. The van der Waals surface area contributed by atoms with Crippen LogP contribution in [0.4, 0.5) is 0 Å². The molecule has 4 fully saturated rings. The lowest BCUT2D eigenvalue weighted by molar-refractivity contribution is -0.142. The van der Waals surface area contributed by atoms with E-state index in [4.69, 9.17) is 0 Å². The summed E-state index contributed by atoms with van der Waals surface area (Å²) < 4.78 is 0. The Morgan fingerprint density at radius 2 is 1.34 bits per heavy atom. The molecule has 0 bridgehead atoms. The van der Waals surface area contributed by atoms with E-state index in [-0.39, 0.29) is 67.4 Å². The van der Waals surface area contributed by atoms with E-state index in [1.807, 2.05) is 0 Å². The SMILES string of the molecule is CNC(CCCCNC(=O)CCC(NC(=O)CCC(C)C1CCC2C3CC[C@H]4C[C@@H](O)CC[C@@]4(C)C3CC[C@@]12C)C(=O)O)C(=O)NC(CCCNC(=O)c1ccc(B(O)O)cc1)C(=O)O. The van der Waals surface area contributed by atoms with Crippen molar-refractivity contribution in [2.24, 2.45) is 46.3 Å². The molecule has 5 rings (SSSR count). The normalized spacial score (nSPS) is 28.8. The maximum atomic E-state index is 13.1. The molecule has 0 spiro atoms. The summed E-state index contributed by atoms with van der Waals surface area (Å²) in [5.74, 6) is -0.295. The number of benzene rings is 1. The second-order valence-electron chi connectivity index (χ2n) is 20.3. The number of unbranched alkanes of at least 4 members (excludes halogenated alkanes) is 1. The number of rotatable bonds is 24. The minimum Gasteiger partial charge on any atom is -0.480 e. The van der Waals surface area contributed by atoms with Crippen LogP contribution in [0, 0.1) is 46.3 Å². The summed E-state index contributed by atoms with van der Waals surface area (Å²) in [5.41, 5.74) is 1.12. The Hall–Kier alpha value is -4.06. The van der Waals surface area contributed by atoms with Gasteiger partial charge < -0.3 is 52.0 Å². The molecule has 362 valence electrons. The summed E-state index contributed by atoms with van der Waals surface area (Å²) >= 11 is 0. The van der Waals surface area contributed by atoms with Crippen molar-refractivity contribution in [3.8, 4) is 0 Å². The van der Waals surface area contributed by atoms with Gasteiger partial charge in [-0.05, 0) is 174 Å². The number of amides is 4. The second-order valence-corrected chi connectivity index (χ2v) is 20.3. The maximum Gasteiger partial charge on any atom is 0.488 e. The largest absolute Gasteiger partial charge is 0.488 e. The van der Waals surface area contributed by atoms with Crippen LogP contribution in [0.2, 0.25) is 0 Å². The van der Waals surface area contributed by atoms with Crippen LogP contribution in [0.1, 0.15) is 147 Å². The zero-order chi connectivity index (χ0) is 47.5. The average Bonchev–Trinajstić information content (AvgIpc) is 3.63. The monoisotopic (exact) mass is 910 g/mol. The Morgan fingerprint density at radius 3 is 2.02 bits per heavy atom. The Morgan fingerprint density at radius 1 is 0.708 bits per heavy atom. The molecule has 0 aliphatic heterocycles. The molecule has 1 aromatic rings. The fourth-order valence-corrected chi connectivity index (χ4v) is 12.7. The molecular weight excluding hydrogens is 833 g/mol. The number of hydrogen-bond donors (Lipinski definition) is 10. The molecule has 8 unspecified atom stereocenters. The van der Waals surface area contributed by atoms with Gasteiger partial charge in [-0.15, -0.1) is 0 Å². The first-order valence-corrected chi connectivity index (χ1v) is 24.3. The third kappa shape index (κ3) is 13.3. The molecule has 1 aromatic carbocycles. The van der Waals surface area contributed by atoms with Gasteiger partial charge in [0.1, 0.15) is 12.1 Å². The number of hydrogen-bond acceptors (Lipinski definition) is 10. The van der Waals surface area contributed by atoms with Crippen LogP contribution in [0.25, 0.3) is 0 Å². The minimum absolute atomic E-state index is 0.0454. The van der Waals surface area contributed by atoms with Crippen molar-refractivity contribution in [2.45, 2.75) is 161 Å².